The van der Waals surface area contributed by atoms with Gasteiger partial charge in [0.1, 0.15) is 6.10 Å². The van der Waals surface area contributed by atoms with E-state index in [0.29, 0.717) is 0 Å². The van der Waals surface area contributed by atoms with Crippen LogP contribution in [0.1, 0.15) is 11.3 Å². The fourth-order valence-corrected chi connectivity index (χ4v) is 1.72. The lowest BCUT2D eigenvalue weighted by Gasteiger charge is -2.00. The van der Waals surface area contributed by atoms with Crippen LogP contribution in [0.2, 0.25) is 0 Å². The zero-order valence-corrected chi connectivity index (χ0v) is 8.46. The molecule has 1 aliphatic rings. The summed E-state index contributed by atoms with van der Waals surface area (Å²) < 4.78 is 5.26. The van der Waals surface area contributed by atoms with Crippen LogP contribution >= 0.6 is 11.3 Å². The largest absolute Gasteiger partial charge is 0.494 e. The quantitative estimate of drug-likeness (QED) is 0.636. The van der Waals surface area contributed by atoms with E-state index in [1.54, 1.807) is 17.6 Å². The van der Waals surface area contributed by atoms with Crippen LogP contribution in [0.3, 0.4) is 0 Å². The van der Waals surface area contributed by atoms with Crippen LogP contribution in [0, 0.1) is 11.8 Å². The lowest BCUT2D eigenvalue weighted by atomic mass is 10.2. The van der Waals surface area contributed by atoms with Gasteiger partial charge in [0.15, 0.2) is 0 Å². The van der Waals surface area contributed by atoms with E-state index < -0.39 is 0 Å². The van der Waals surface area contributed by atoms with Crippen molar-refractivity contribution in [1.29, 1.82) is 0 Å². The summed E-state index contributed by atoms with van der Waals surface area (Å²) in [4.78, 5) is 1.10. The average molecular weight is 202 g/mol. The highest BCUT2D eigenvalue weighted by Crippen LogP contribution is 2.09. The predicted molar refractivity (Wildman–Crippen MR) is 59.0 cm³/mol. The van der Waals surface area contributed by atoms with Crippen molar-refractivity contribution in [3.8, 4) is 11.8 Å². The van der Waals surface area contributed by atoms with Gasteiger partial charge >= 0.3 is 0 Å². The average Bonchev–Trinajstić information content (AvgIpc) is 2.86. The number of ether oxygens (including phenoxy) is 1. The second-order valence-electron chi connectivity index (χ2n) is 2.89. The summed E-state index contributed by atoms with van der Waals surface area (Å²) in [7, 11) is 0. The highest BCUT2D eigenvalue weighted by Gasteiger charge is 2.04. The Morgan fingerprint density at radius 1 is 1.57 bits per heavy atom. The van der Waals surface area contributed by atoms with Crippen molar-refractivity contribution >= 4 is 11.3 Å². The Balaban J connectivity index is 1.87. The van der Waals surface area contributed by atoms with E-state index in [9.17, 15) is 0 Å². The van der Waals surface area contributed by atoms with Crippen LogP contribution in [0.4, 0.5) is 0 Å². The molecule has 0 N–H and O–H groups in total. The van der Waals surface area contributed by atoms with Gasteiger partial charge in [-0.3, -0.25) is 0 Å². The number of rotatable bonds is 1. The first-order chi connectivity index (χ1) is 6.95. The maximum atomic E-state index is 5.26. The molecule has 2 heteroatoms. The molecule has 1 nitrogen and oxygen atoms in total. The molecule has 0 saturated heterocycles. The lowest BCUT2D eigenvalue weighted by Crippen LogP contribution is -1.97. The molecule has 1 aliphatic heterocycles. The monoisotopic (exact) mass is 202 g/mol. The number of allylic oxidation sites excluding steroid dienone is 1. The van der Waals surface area contributed by atoms with Crippen molar-refractivity contribution in [2.75, 3.05) is 0 Å². The molecule has 70 valence electrons. The summed E-state index contributed by atoms with van der Waals surface area (Å²) >= 11 is 1.65. The molecule has 0 amide bonds. The van der Waals surface area contributed by atoms with Crippen LogP contribution in [0.15, 0.2) is 42.0 Å². The number of thiophene rings is 1. The first-order valence-corrected chi connectivity index (χ1v) is 5.35. The first kappa shape index (κ1) is 9.11. The second-order valence-corrected chi connectivity index (χ2v) is 3.84. The number of hydrogen-bond acceptors (Lipinski definition) is 2. The molecule has 1 aromatic heterocycles. The molecule has 0 spiro atoms. The Kier molecular flexibility index (Phi) is 3.05. The summed E-state index contributed by atoms with van der Waals surface area (Å²) in [5.74, 6) is 6.04. The first-order valence-electron chi connectivity index (χ1n) is 4.47. The third-order valence-electron chi connectivity index (χ3n) is 1.83. The van der Waals surface area contributed by atoms with E-state index in [-0.39, 0.29) is 6.10 Å². The van der Waals surface area contributed by atoms with Crippen LogP contribution in [-0.2, 0) is 4.74 Å². The van der Waals surface area contributed by atoms with Crippen molar-refractivity contribution in [2.24, 2.45) is 0 Å². The number of hydrogen-bond donors (Lipinski definition) is 0. The Morgan fingerprint density at radius 3 is 3.29 bits per heavy atom. The van der Waals surface area contributed by atoms with E-state index >= 15 is 0 Å². The molecule has 2 rings (SSSR count). The summed E-state index contributed by atoms with van der Waals surface area (Å²) in [6.45, 7) is 0. The minimum Gasteiger partial charge on any atom is -0.494 e. The van der Waals surface area contributed by atoms with Crippen molar-refractivity contribution in [3.63, 3.8) is 0 Å². The molecule has 1 aromatic rings. The van der Waals surface area contributed by atoms with Gasteiger partial charge in [-0.15, -0.1) is 11.3 Å². The van der Waals surface area contributed by atoms with Crippen LogP contribution in [-0.4, -0.2) is 6.10 Å². The molecular formula is C12H10OS. The van der Waals surface area contributed by atoms with Crippen LogP contribution in [0.5, 0.6) is 0 Å². The van der Waals surface area contributed by atoms with E-state index in [4.69, 9.17) is 4.74 Å². The second kappa shape index (κ2) is 4.69. The van der Waals surface area contributed by atoms with Gasteiger partial charge in [-0.1, -0.05) is 17.9 Å². The normalized spacial score (nSPS) is 19.3. The summed E-state index contributed by atoms with van der Waals surface area (Å²) in [6, 6.07) is 4.02. The van der Waals surface area contributed by atoms with Gasteiger partial charge in [-0.05, 0) is 29.7 Å². The third-order valence-corrected chi connectivity index (χ3v) is 2.61. The zero-order valence-electron chi connectivity index (χ0n) is 7.64. The van der Waals surface area contributed by atoms with Crippen molar-refractivity contribution in [3.05, 3.63) is 46.9 Å². The van der Waals surface area contributed by atoms with Gasteiger partial charge < -0.3 is 4.74 Å². The smallest absolute Gasteiger partial charge is 0.120 e. The minimum absolute atomic E-state index is 0.188. The van der Waals surface area contributed by atoms with Crippen LogP contribution in [0.25, 0.3) is 0 Å². The highest BCUT2D eigenvalue weighted by atomic mass is 32.1. The molecule has 0 saturated carbocycles. The molecule has 14 heavy (non-hydrogen) atoms. The lowest BCUT2D eigenvalue weighted by molar-refractivity contribution is 0.214. The SMILES string of the molecule is C(#Cc1cccs1)C=C[C@H]1CC=CO1. The Labute approximate surface area is 87.7 Å². The van der Waals surface area contributed by atoms with E-state index in [1.807, 2.05) is 35.7 Å². The van der Waals surface area contributed by atoms with E-state index in [1.165, 1.54) is 0 Å². The van der Waals surface area contributed by atoms with Crippen molar-refractivity contribution in [1.82, 2.24) is 0 Å². The Hall–Kier alpha value is -1.46. The van der Waals surface area contributed by atoms with E-state index in [0.717, 1.165) is 11.3 Å². The van der Waals surface area contributed by atoms with Gasteiger partial charge in [0, 0.05) is 6.42 Å². The van der Waals surface area contributed by atoms with Gasteiger partial charge in [-0.2, -0.15) is 0 Å². The minimum atomic E-state index is 0.188. The van der Waals surface area contributed by atoms with Gasteiger partial charge in [0.05, 0.1) is 11.1 Å². The molecule has 0 unspecified atom stereocenters. The molecule has 0 bridgehead atoms. The molecule has 1 atom stereocenters. The fourth-order valence-electron chi connectivity index (χ4n) is 1.14. The fraction of sp³-hybridized carbons (Fsp3) is 0.167. The Morgan fingerprint density at radius 2 is 2.57 bits per heavy atom. The van der Waals surface area contributed by atoms with E-state index in [2.05, 4.69) is 11.8 Å². The van der Waals surface area contributed by atoms with Crippen molar-refractivity contribution in [2.45, 2.75) is 12.5 Å². The molecule has 0 aromatic carbocycles. The molecule has 0 fully saturated rings. The molecule has 2 heterocycles. The summed E-state index contributed by atoms with van der Waals surface area (Å²) in [5, 5.41) is 2.03. The standard InChI is InChI=1S/C12H10OS/c1(5-11-6-3-9-13-11)2-7-12-8-4-10-14-12/h1,3-5,8-11H,6H2/t11-/m0/s1. The molecular weight excluding hydrogens is 192 g/mol. The van der Waals surface area contributed by atoms with Gasteiger partial charge in [0.25, 0.3) is 0 Å². The third kappa shape index (κ3) is 2.51. The zero-order chi connectivity index (χ0) is 9.64. The molecule has 0 aliphatic carbocycles. The summed E-state index contributed by atoms with van der Waals surface area (Å²) in [6.07, 6.45) is 8.74. The predicted octanol–water partition coefficient (Wildman–Crippen LogP) is 2.96. The van der Waals surface area contributed by atoms with Gasteiger partial charge in [-0.25, -0.2) is 0 Å². The Bertz CT molecular complexity index is 382. The maximum Gasteiger partial charge on any atom is 0.120 e. The summed E-state index contributed by atoms with van der Waals surface area (Å²) in [5.41, 5.74) is 0. The maximum absolute atomic E-state index is 5.26. The molecule has 0 radical (unpaired) electrons. The van der Waals surface area contributed by atoms with Crippen molar-refractivity contribution < 1.29 is 4.74 Å². The topological polar surface area (TPSA) is 9.23 Å². The van der Waals surface area contributed by atoms with Crippen LogP contribution < -0.4 is 0 Å². The highest BCUT2D eigenvalue weighted by molar-refractivity contribution is 7.10. The van der Waals surface area contributed by atoms with Gasteiger partial charge in [0.2, 0.25) is 0 Å².